The molecular formula is C35H37BO7S. The number of rotatable bonds is 16. The van der Waals surface area contributed by atoms with Crippen LogP contribution in [-0.4, -0.2) is 35.7 Å². The maximum atomic E-state index is 12.6. The van der Waals surface area contributed by atoms with Crippen LogP contribution >= 0.6 is 11.8 Å². The van der Waals surface area contributed by atoms with Gasteiger partial charge in [-0.1, -0.05) is 63.3 Å². The van der Waals surface area contributed by atoms with Gasteiger partial charge in [-0.05, 0) is 90.2 Å². The van der Waals surface area contributed by atoms with Crippen LogP contribution in [0.5, 0.6) is 17.2 Å². The Bertz CT molecular complexity index is 1460. The average Bonchev–Trinajstić information content (AvgIpc) is 3.05. The molecule has 228 valence electrons. The van der Waals surface area contributed by atoms with Gasteiger partial charge in [0.05, 0.1) is 17.7 Å². The number of hydrogen-bond acceptors (Lipinski definition) is 8. The molecule has 9 heteroatoms. The lowest BCUT2D eigenvalue weighted by atomic mass is 9.81. The molecule has 44 heavy (non-hydrogen) atoms. The first-order valence-electron chi connectivity index (χ1n) is 14.9. The number of esters is 2. The summed E-state index contributed by atoms with van der Waals surface area (Å²) in [5.41, 5.74) is 2.29. The summed E-state index contributed by atoms with van der Waals surface area (Å²) < 4.78 is 16.7. The zero-order chi connectivity index (χ0) is 31.1. The SMILES string of the molecule is CCCCCCCCOc1ccc(C(=O)Oc2ccc(OC(=O)c3ccc(CSc4ccc(B(O)O)cc4)cc3)cc2)cc1. The molecule has 4 aromatic carbocycles. The van der Waals surface area contributed by atoms with Crippen LogP contribution in [0.4, 0.5) is 0 Å². The Morgan fingerprint density at radius 2 is 1.14 bits per heavy atom. The first kappa shape index (κ1) is 32.9. The quantitative estimate of drug-likeness (QED) is 0.0467. The van der Waals surface area contributed by atoms with E-state index in [1.165, 1.54) is 25.7 Å². The Morgan fingerprint density at radius 3 is 1.68 bits per heavy atom. The van der Waals surface area contributed by atoms with E-state index in [-0.39, 0.29) is 0 Å². The molecule has 0 aliphatic rings. The van der Waals surface area contributed by atoms with Gasteiger partial charge in [0.25, 0.3) is 0 Å². The summed E-state index contributed by atoms with van der Waals surface area (Å²) in [6, 6.07) is 27.4. The van der Waals surface area contributed by atoms with E-state index in [9.17, 15) is 19.6 Å². The van der Waals surface area contributed by atoms with Crippen LogP contribution in [0.2, 0.25) is 0 Å². The number of carbonyl (C=O) groups excluding carboxylic acids is 2. The highest BCUT2D eigenvalue weighted by atomic mass is 32.2. The van der Waals surface area contributed by atoms with Crippen molar-refractivity contribution >= 4 is 36.3 Å². The third-order valence-corrected chi connectivity index (χ3v) is 7.96. The molecule has 0 bridgehead atoms. The number of carbonyl (C=O) groups is 2. The molecule has 0 aromatic heterocycles. The fraction of sp³-hybridized carbons (Fsp3) is 0.257. The molecule has 2 N–H and O–H groups in total. The summed E-state index contributed by atoms with van der Waals surface area (Å²) in [4.78, 5) is 26.2. The number of unbranched alkanes of at least 4 members (excludes halogenated alkanes) is 5. The predicted octanol–water partition coefficient (Wildman–Crippen LogP) is 6.84. The van der Waals surface area contributed by atoms with Crippen LogP contribution in [0.3, 0.4) is 0 Å². The first-order valence-corrected chi connectivity index (χ1v) is 15.8. The topological polar surface area (TPSA) is 102 Å². The van der Waals surface area contributed by atoms with Crippen LogP contribution in [0, 0.1) is 0 Å². The third-order valence-electron chi connectivity index (χ3n) is 6.87. The Morgan fingerprint density at radius 1 is 0.636 bits per heavy atom. The minimum absolute atomic E-state index is 0.331. The monoisotopic (exact) mass is 612 g/mol. The van der Waals surface area contributed by atoms with E-state index in [4.69, 9.17) is 14.2 Å². The normalized spacial score (nSPS) is 10.7. The van der Waals surface area contributed by atoms with E-state index >= 15 is 0 Å². The first-order chi connectivity index (χ1) is 21.4. The van der Waals surface area contributed by atoms with E-state index in [1.807, 2.05) is 24.3 Å². The van der Waals surface area contributed by atoms with Crippen molar-refractivity contribution in [2.45, 2.75) is 56.1 Å². The number of ether oxygens (including phenoxy) is 3. The molecule has 0 saturated heterocycles. The van der Waals surface area contributed by atoms with Gasteiger partial charge in [-0.25, -0.2) is 9.59 Å². The maximum Gasteiger partial charge on any atom is 0.488 e. The van der Waals surface area contributed by atoms with Gasteiger partial charge in [-0.3, -0.25) is 0 Å². The van der Waals surface area contributed by atoms with Crippen molar-refractivity contribution in [1.82, 2.24) is 0 Å². The summed E-state index contributed by atoms with van der Waals surface area (Å²) in [6.45, 7) is 2.87. The van der Waals surface area contributed by atoms with Crippen molar-refractivity contribution in [3.63, 3.8) is 0 Å². The minimum Gasteiger partial charge on any atom is -0.494 e. The molecule has 0 amide bonds. The number of benzene rings is 4. The fourth-order valence-electron chi connectivity index (χ4n) is 4.31. The standard InChI is InChI=1S/C35H37BO7S/c1-2-3-4-5-6-7-24-41-30-16-12-28(13-17-30)35(38)43-32-20-18-31(19-21-32)42-34(37)27-10-8-26(9-11-27)25-44-33-22-14-29(15-23-33)36(39)40/h8-23,39-40H,2-7,24-25H2,1H3. The zero-order valence-corrected chi connectivity index (χ0v) is 25.6. The highest BCUT2D eigenvalue weighted by Gasteiger charge is 2.13. The second-order valence-corrected chi connectivity index (χ2v) is 11.4. The largest absolute Gasteiger partial charge is 0.494 e. The summed E-state index contributed by atoms with van der Waals surface area (Å²) in [5, 5.41) is 18.4. The lowest BCUT2D eigenvalue weighted by Crippen LogP contribution is -2.29. The average molecular weight is 613 g/mol. The van der Waals surface area contributed by atoms with Crippen LogP contribution in [0.15, 0.2) is 102 Å². The molecule has 0 unspecified atom stereocenters. The molecular weight excluding hydrogens is 575 g/mol. The van der Waals surface area contributed by atoms with Gasteiger partial charge in [0, 0.05) is 10.6 Å². The Balaban J connectivity index is 1.19. The van der Waals surface area contributed by atoms with E-state index in [0.717, 1.165) is 29.1 Å². The molecule has 0 spiro atoms. The van der Waals surface area contributed by atoms with E-state index in [0.29, 0.717) is 40.4 Å². The van der Waals surface area contributed by atoms with Crippen molar-refractivity contribution < 1.29 is 33.8 Å². The maximum absolute atomic E-state index is 12.6. The third kappa shape index (κ3) is 10.6. The predicted molar refractivity (Wildman–Crippen MR) is 174 cm³/mol. The van der Waals surface area contributed by atoms with Crippen molar-refractivity contribution in [3.8, 4) is 17.2 Å². The van der Waals surface area contributed by atoms with Gasteiger partial charge in [-0.15, -0.1) is 11.8 Å². The molecule has 0 radical (unpaired) electrons. The van der Waals surface area contributed by atoms with Gasteiger partial charge in [0.2, 0.25) is 0 Å². The molecule has 0 fully saturated rings. The van der Waals surface area contributed by atoms with E-state index in [1.54, 1.807) is 84.6 Å². The van der Waals surface area contributed by atoms with Gasteiger partial charge in [0.1, 0.15) is 17.2 Å². The van der Waals surface area contributed by atoms with Crippen molar-refractivity contribution in [2.75, 3.05) is 6.61 Å². The summed E-state index contributed by atoms with van der Waals surface area (Å²) in [6.07, 6.45) is 7.21. The second kappa shape index (κ2) is 17.3. The molecule has 4 aromatic rings. The second-order valence-electron chi connectivity index (χ2n) is 10.3. The lowest BCUT2D eigenvalue weighted by molar-refractivity contribution is 0.0719. The fourth-order valence-corrected chi connectivity index (χ4v) is 5.16. The minimum atomic E-state index is -1.48. The summed E-state index contributed by atoms with van der Waals surface area (Å²) in [7, 11) is -1.48. The molecule has 0 atom stereocenters. The summed E-state index contributed by atoms with van der Waals surface area (Å²) in [5.74, 6) is 1.10. The molecule has 4 rings (SSSR count). The molecule has 0 heterocycles. The molecule has 0 aliphatic heterocycles. The van der Waals surface area contributed by atoms with Crippen LogP contribution in [0.1, 0.15) is 71.7 Å². The summed E-state index contributed by atoms with van der Waals surface area (Å²) >= 11 is 1.60. The van der Waals surface area contributed by atoms with Crippen LogP contribution < -0.4 is 19.7 Å². The Labute approximate surface area is 263 Å². The Hall–Kier alpha value is -4.05. The lowest BCUT2D eigenvalue weighted by Gasteiger charge is -2.09. The molecule has 0 saturated carbocycles. The molecule has 0 aliphatic carbocycles. The van der Waals surface area contributed by atoms with E-state index in [2.05, 4.69) is 6.92 Å². The van der Waals surface area contributed by atoms with Crippen molar-refractivity contribution in [2.24, 2.45) is 0 Å². The number of thioether (sulfide) groups is 1. The van der Waals surface area contributed by atoms with Gasteiger partial charge in [-0.2, -0.15) is 0 Å². The van der Waals surface area contributed by atoms with Crippen molar-refractivity contribution in [1.29, 1.82) is 0 Å². The number of hydrogen-bond donors (Lipinski definition) is 2. The highest BCUT2D eigenvalue weighted by Crippen LogP contribution is 2.24. The van der Waals surface area contributed by atoms with Crippen molar-refractivity contribution in [3.05, 3.63) is 114 Å². The van der Waals surface area contributed by atoms with Gasteiger partial charge >= 0.3 is 19.1 Å². The zero-order valence-electron chi connectivity index (χ0n) is 24.8. The van der Waals surface area contributed by atoms with Gasteiger partial charge in [0.15, 0.2) is 0 Å². The highest BCUT2D eigenvalue weighted by molar-refractivity contribution is 7.98. The van der Waals surface area contributed by atoms with E-state index < -0.39 is 19.1 Å². The smallest absolute Gasteiger partial charge is 0.488 e. The Kier molecular flexibility index (Phi) is 12.9. The van der Waals surface area contributed by atoms with Crippen LogP contribution in [-0.2, 0) is 5.75 Å². The molecule has 7 nitrogen and oxygen atoms in total. The van der Waals surface area contributed by atoms with Crippen LogP contribution in [0.25, 0.3) is 0 Å². The van der Waals surface area contributed by atoms with Gasteiger partial charge < -0.3 is 24.3 Å².